The minimum Gasteiger partial charge on any atom is -0.332 e. The van der Waals surface area contributed by atoms with Gasteiger partial charge < -0.3 is 5.32 Å². The fraction of sp³-hybridized carbons (Fsp3) is 0.636. The van der Waals surface area contributed by atoms with Crippen LogP contribution in [0.2, 0.25) is 0 Å². The number of hydrogen-bond donors (Lipinski definition) is 2. The molecule has 4 aliphatic carbocycles. The summed E-state index contributed by atoms with van der Waals surface area (Å²) in [5.41, 5.74) is 1.09. The van der Waals surface area contributed by atoms with Gasteiger partial charge in [-0.1, -0.05) is 12.1 Å². The van der Waals surface area contributed by atoms with Crippen LogP contribution < -0.4 is 10.6 Å². The van der Waals surface area contributed by atoms with Gasteiger partial charge in [0.2, 0.25) is 5.91 Å². The molecule has 0 atom stereocenters. The lowest BCUT2D eigenvalue weighted by Gasteiger charge is -2.56. The largest absolute Gasteiger partial charge is 0.332 e. The van der Waals surface area contributed by atoms with Crippen LogP contribution in [0.4, 0.5) is 4.79 Å². The number of urea groups is 1. The summed E-state index contributed by atoms with van der Waals surface area (Å²) < 4.78 is 0. The molecule has 4 bridgehead atoms. The molecule has 28 heavy (non-hydrogen) atoms. The third kappa shape index (κ3) is 4.54. The number of rotatable bonds is 6. The molecular formula is C22H31N3O2S. The predicted octanol–water partition coefficient (Wildman–Crippen LogP) is 3.63. The van der Waals surface area contributed by atoms with Gasteiger partial charge in [0.25, 0.3) is 0 Å². The molecule has 1 aromatic carbocycles. The molecule has 0 saturated heterocycles. The molecule has 4 fully saturated rings. The zero-order valence-corrected chi connectivity index (χ0v) is 17.7. The summed E-state index contributed by atoms with van der Waals surface area (Å²) in [6.07, 6.45) is 9.34. The van der Waals surface area contributed by atoms with E-state index in [4.69, 9.17) is 0 Å². The lowest BCUT2D eigenvalue weighted by Crippen LogP contribution is -2.62. The number of nitrogens with zero attached hydrogens (tertiary/aromatic N) is 1. The Morgan fingerprint density at radius 1 is 1.07 bits per heavy atom. The van der Waals surface area contributed by atoms with Gasteiger partial charge in [-0.05, 0) is 87.3 Å². The summed E-state index contributed by atoms with van der Waals surface area (Å²) in [5, 5.41) is 5.76. The van der Waals surface area contributed by atoms with Gasteiger partial charge in [-0.25, -0.2) is 4.79 Å². The second kappa shape index (κ2) is 8.07. The molecule has 0 aromatic heterocycles. The van der Waals surface area contributed by atoms with Crippen LogP contribution in [0.25, 0.3) is 0 Å². The van der Waals surface area contributed by atoms with Crippen LogP contribution in [0.15, 0.2) is 29.2 Å². The van der Waals surface area contributed by atoms with Crippen LogP contribution in [0.1, 0.15) is 44.1 Å². The van der Waals surface area contributed by atoms with Crippen LogP contribution in [0.5, 0.6) is 0 Å². The molecule has 1 aromatic rings. The van der Waals surface area contributed by atoms with E-state index in [1.54, 1.807) is 11.8 Å². The molecule has 3 amide bonds. The van der Waals surface area contributed by atoms with Gasteiger partial charge in [0.1, 0.15) is 0 Å². The first-order valence-corrected chi connectivity index (χ1v) is 11.6. The van der Waals surface area contributed by atoms with Crippen molar-refractivity contribution in [1.29, 1.82) is 0 Å². The van der Waals surface area contributed by atoms with Crippen LogP contribution in [-0.2, 0) is 11.3 Å². The maximum Gasteiger partial charge on any atom is 0.321 e. The Hall–Kier alpha value is -1.53. The van der Waals surface area contributed by atoms with Gasteiger partial charge in [-0.2, -0.15) is 0 Å². The Bertz CT molecular complexity index is 699. The second-order valence-corrected chi connectivity index (χ2v) is 10.1. The van der Waals surface area contributed by atoms with E-state index >= 15 is 0 Å². The molecule has 0 aliphatic heterocycles. The maximum atomic E-state index is 12.5. The number of likely N-dealkylation sites (N-methyl/N-ethyl adjacent to an activating group) is 1. The molecule has 5 nitrogen and oxygen atoms in total. The summed E-state index contributed by atoms with van der Waals surface area (Å²) in [7, 11) is 1.90. The van der Waals surface area contributed by atoms with E-state index in [9.17, 15) is 9.59 Å². The van der Waals surface area contributed by atoms with Gasteiger partial charge in [-0.3, -0.25) is 15.0 Å². The summed E-state index contributed by atoms with van der Waals surface area (Å²) in [5.74, 6) is 2.06. The van der Waals surface area contributed by atoms with Crippen molar-refractivity contribution in [2.24, 2.45) is 17.8 Å². The number of benzene rings is 1. The molecule has 0 heterocycles. The molecular weight excluding hydrogens is 370 g/mol. The Morgan fingerprint density at radius 3 is 2.18 bits per heavy atom. The highest BCUT2D eigenvalue weighted by atomic mass is 32.2. The summed E-state index contributed by atoms with van der Waals surface area (Å²) >= 11 is 1.71. The van der Waals surface area contributed by atoms with Crippen molar-refractivity contribution in [3.05, 3.63) is 29.8 Å². The number of nitrogens with one attached hydrogen (secondary N) is 2. The number of imide groups is 1. The quantitative estimate of drug-likeness (QED) is 0.715. The van der Waals surface area contributed by atoms with Crippen molar-refractivity contribution in [3.63, 3.8) is 0 Å². The smallest absolute Gasteiger partial charge is 0.321 e. The topological polar surface area (TPSA) is 61.4 Å². The molecule has 0 spiro atoms. The Labute approximate surface area is 172 Å². The number of amides is 3. The molecule has 6 heteroatoms. The summed E-state index contributed by atoms with van der Waals surface area (Å²) in [6.45, 7) is 0.886. The standard InChI is InChI=1S/C22H31N3O2S/c1-25(13-15-3-5-19(28-2)6-4-15)14-20(26)23-21(27)24-22-10-16-7-17(11-22)9-18(8-16)12-22/h3-6,16-18H,7-14H2,1-2H3,(H2,23,24,26,27). The van der Waals surface area contributed by atoms with Gasteiger partial charge >= 0.3 is 6.03 Å². The van der Waals surface area contributed by atoms with Gasteiger partial charge in [0, 0.05) is 17.0 Å². The zero-order valence-electron chi connectivity index (χ0n) is 16.9. The van der Waals surface area contributed by atoms with Crippen molar-refractivity contribution in [2.45, 2.75) is 55.5 Å². The maximum absolute atomic E-state index is 12.5. The zero-order chi connectivity index (χ0) is 19.7. The van der Waals surface area contributed by atoms with Crippen molar-refractivity contribution in [2.75, 3.05) is 19.8 Å². The normalized spacial score (nSPS) is 30.5. The molecule has 0 radical (unpaired) electrons. The highest BCUT2D eigenvalue weighted by Crippen LogP contribution is 2.55. The van der Waals surface area contributed by atoms with Crippen molar-refractivity contribution in [1.82, 2.24) is 15.5 Å². The highest BCUT2D eigenvalue weighted by molar-refractivity contribution is 7.98. The second-order valence-electron chi connectivity index (χ2n) is 9.22. The number of carbonyl (C=O) groups excluding carboxylic acids is 2. The van der Waals surface area contributed by atoms with E-state index in [0.717, 1.165) is 42.6 Å². The van der Waals surface area contributed by atoms with E-state index in [2.05, 4.69) is 41.2 Å². The fourth-order valence-electron chi connectivity index (χ4n) is 6.05. The van der Waals surface area contributed by atoms with Gasteiger partial charge in [0.15, 0.2) is 0 Å². The van der Waals surface area contributed by atoms with Crippen LogP contribution in [0.3, 0.4) is 0 Å². The fourth-order valence-corrected chi connectivity index (χ4v) is 6.45. The van der Waals surface area contributed by atoms with Crippen molar-refractivity contribution >= 4 is 23.7 Å². The molecule has 2 N–H and O–H groups in total. The van der Waals surface area contributed by atoms with E-state index in [-0.39, 0.29) is 24.0 Å². The van der Waals surface area contributed by atoms with Gasteiger partial charge in [0.05, 0.1) is 6.54 Å². The number of hydrogen-bond acceptors (Lipinski definition) is 4. The van der Waals surface area contributed by atoms with Crippen LogP contribution in [-0.4, -0.2) is 42.2 Å². The third-order valence-electron chi connectivity index (χ3n) is 6.69. The monoisotopic (exact) mass is 401 g/mol. The minimum absolute atomic E-state index is 0.0654. The van der Waals surface area contributed by atoms with Crippen molar-refractivity contribution < 1.29 is 9.59 Å². The van der Waals surface area contributed by atoms with E-state index in [0.29, 0.717) is 6.54 Å². The highest BCUT2D eigenvalue weighted by Gasteiger charge is 2.51. The van der Waals surface area contributed by atoms with E-state index in [1.165, 1.54) is 24.2 Å². The van der Waals surface area contributed by atoms with Crippen molar-refractivity contribution in [3.8, 4) is 0 Å². The lowest BCUT2D eigenvalue weighted by atomic mass is 9.53. The van der Waals surface area contributed by atoms with E-state index < -0.39 is 0 Å². The summed E-state index contributed by atoms with van der Waals surface area (Å²) in [4.78, 5) is 28.0. The first-order valence-electron chi connectivity index (χ1n) is 10.4. The molecule has 152 valence electrons. The Kier molecular flexibility index (Phi) is 5.70. The molecule has 5 rings (SSSR count). The predicted molar refractivity (Wildman–Crippen MR) is 112 cm³/mol. The Morgan fingerprint density at radius 2 is 1.64 bits per heavy atom. The van der Waals surface area contributed by atoms with Crippen LogP contribution in [0, 0.1) is 17.8 Å². The first-order chi connectivity index (χ1) is 13.4. The van der Waals surface area contributed by atoms with Gasteiger partial charge in [-0.15, -0.1) is 11.8 Å². The number of thioether (sulfide) groups is 1. The number of carbonyl (C=O) groups is 2. The first kappa shape index (κ1) is 19.8. The average Bonchev–Trinajstić information content (AvgIpc) is 2.60. The minimum atomic E-state index is -0.315. The summed E-state index contributed by atoms with van der Waals surface area (Å²) in [6, 6.07) is 8.03. The van der Waals surface area contributed by atoms with E-state index in [1.807, 2.05) is 11.9 Å². The Balaban J connectivity index is 1.24. The SMILES string of the molecule is CSc1ccc(CN(C)CC(=O)NC(=O)NC23CC4CC(CC(C4)C2)C3)cc1. The van der Waals surface area contributed by atoms with Crippen LogP contribution >= 0.6 is 11.8 Å². The molecule has 4 saturated carbocycles. The molecule has 0 unspecified atom stereocenters. The average molecular weight is 402 g/mol. The molecule has 4 aliphatic rings. The third-order valence-corrected chi connectivity index (χ3v) is 7.44. The lowest BCUT2D eigenvalue weighted by molar-refractivity contribution is -0.121.